The van der Waals surface area contributed by atoms with Crippen molar-refractivity contribution in [3.63, 3.8) is 0 Å². The molecule has 162 valence electrons. The van der Waals surface area contributed by atoms with Crippen molar-refractivity contribution in [2.75, 3.05) is 32.4 Å². The third-order valence-corrected chi connectivity index (χ3v) is 10.7. The number of amides is 2. The Labute approximate surface area is 180 Å². The van der Waals surface area contributed by atoms with Gasteiger partial charge in [0.2, 0.25) is 5.91 Å². The molecule has 7 aliphatic rings. The van der Waals surface area contributed by atoms with E-state index in [2.05, 4.69) is 0 Å². The molecule has 31 heavy (non-hydrogen) atoms. The lowest BCUT2D eigenvalue weighted by Gasteiger charge is -2.71. The molecule has 0 radical (unpaired) electrons. The molecule has 8 rings (SSSR count). The second-order valence-corrected chi connectivity index (χ2v) is 12.4. The minimum Gasteiger partial charge on any atom is -0.339 e. The summed E-state index contributed by atoms with van der Waals surface area (Å²) in [5, 5.41) is 0. The highest BCUT2D eigenvalue weighted by atomic mass is 32.2. The number of benzene rings is 1. The Kier molecular flexibility index (Phi) is 3.19. The zero-order chi connectivity index (χ0) is 21.4. The number of sulfone groups is 1. The van der Waals surface area contributed by atoms with Crippen molar-refractivity contribution in [2.24, 2.45) is 46.8 Å². The number of piperazine rings is 1. The van der Waals surface area contributed by atoms with Crippen LogP contribution in [0.4, 0.5) is 0 Å². The van der Waals surface area contributed by atoms with Gasteiger partial charge in [0.1, 0.15) is 5.78 Å². The van der Waals surface area contributed by atoms with Crippen molar-refractivity contribution < 1.29 is 22.8 Å². The Morgan fingerprint density at radius 2 is 1.74 bits per heavy atom. The highest BCUT2D eigenvalue weighted by molar-refractivity contribution is 7.90. The lowest BCUT2D eigenvalue weighted by atomic mass is 9.31. The second kappa shape index (κ2) is 5.39. The standard InChI is InChI=1S/C23H24N2O5S/c1-31(29,30)12-4-2-3-11(9-12)21(27)24-5-7-25(8-6-24)22(28)23-17-14-10-13-15(17)19(23)20(26)16(13)18(14)23/h2-4,9,13-19H,5-8,10H2,1H3. The highest BCUT2D eigenvalue weighted by Crippen LogP contribution is 2.92. The van der Waals surface area contributed by atoms with Crippen LogP contribution in [0.1, 0.15) is 16.8 Å². The molecule has 4 bridgehead atoms. The summed E-state index contributed by atoms with van der Waals surface area (Å²) < 4.78 is 23.6. The van der Waals surface area contributed by atoms with Crippen LogP contribution in [-0.4, -0.2) is 68.3 Å². The van der Waals surface area contributed by atoms with Gasteiger partial charge in [-0.3, -0.25) is 14.4 Å². The molecule has 8 unspecified atom stereocenters. The maximum atomic E-state index is 13.6. The quantitative estimate of drug-likeness (QED) is 0.690. The smallest absolute Gasteiger partial charge is 0.254 e. The second-order valence-electron chi connectivity index (χ2n) is 10.4. The summed E-state index contributed by atoms with van der Waals surface area (Å²) in [6.45, 7) is 1.80. The van der Waals surface area contributed by atoms with E-state index in [4.69, 9.17) is 0 Å². The molecule has 1 aromatic rings. The molecule has 1 aromatic carbocycles. The summed E-state index contributed by atoms with van der Waals surface area (Å²) in [6.07, 6.45) is 2.29. The first-order valence-electron chi connectivity index (χ1n) is 11.2. The third kappa shape index (κ3) is 1.85. The van der Waals surface area contributed by atoms with E-state index >= 15 is 0 Å². The van der Waals surface area contributed by atoms with Gasteiger partial charge < -0.3 is 9.80 Å². The summed E-state index contributed by atoms with van der Waals surface area (Å²) in [7, 11) is -3.38. The first-order chi connectivity index (χ1) is 14.8. The Hall–Kier alpha value is -2.22. The number of nitrogens with zero attached hydrogens (tertiary/aromatic N) is 2. The van der Waals surface area contributed by atoms with Gasteiger partial charge in [-0.25, -0.2) is 8.42 Å². The normalized spacial score (nSPS) is 43.3. The van der Waals surface area contributed by atoms with Gasteiger partial charge in [0.25, 0.3) is 5.91 Å². The molecular weight excluding hydrogens is 416 g/mol. The average molecular weight is 441 g/mol. The summed E-state index contributed by atoms with van der Waals surface area (Å²) in [5.74, 6) is 2.91. The van der Waals surface area contributed by atoms with Gasteiger partial charge in [-0.05, 0) is 54.2 Å². The van der Waals surface area contributed by atoms with Crippen LogP contribution in [0.15, 0.2) is 29.2 Å². The van der Waals surface area contributed by atoms with Gasteiger partial charge in [-0.2, -0.15) is 0 Å². The molecule has 1 saturated heterocycles. The summed E-state index contributed by atoms with van der Waals surface area (Å²) in [6, 6.07) is 6.12. The fraction of sp³-hybridized carbons (Fsp3) is 0.609. The van der Waals surface area contributed by atoms with Crippen molar-refractivity contribution in [3.05, 3.63) is 29.8 Å². The predicted molar refractivity (Wildman–Crippen MR) is 109 cm³/mol. The number of Topliss-reactive ketones (excluding diaryl/α,β-unsaturated/α-hetero) is 1. The summed E-state index contributed by atoms with van der Waals surface area (Å²) in [5.41, 5.74) is -0.0390. The zero-order valence-corrected chi connectivity index (χ0v) is 18.0. The Morgan fingerprint density at radius 1 is 1.03 bits per heavy atom. The van der Waals surface area contributed by atoms with E-state index in [0.717, 1.165) is 12.7 Å². The van der Waals surface area contributed by atoms with Crippen LogP contribution in [-0.2, 0) is 19.4 Å². The first kappa shape index (κ1) is 18.4. The predicted octanol–water partition coefficient (Wildman–Crippen LogP) is 0.702. The van der Waals surface area contributed by atoms with Crippen LogP contribution < -0.4 is 0 Å². The van der Waals surface area contributed by atoms with Gasteiger partial charge in [0.05, 0.1) is 10.3 Å². The van der Waals surface area contributed by atoms with Gasteiger partial charge in [-0.1, -0.05) is 6.07 Å². The van der Waals surface area contributed by atoms with Crippen LogP contribution >= 0.6 is 0 Å². The van der Waals surface area contributed by atoms with E-state index in [1.54, 1.807) is 17.0 Å². The monoisotopic (exact) mass is 440 g/mol. The van der Waals surface area contributed by atoms with Gasteiger partial charge in [-0.15, -0.1) is 0 Å². The molecule has 7 fully saturated rings. The fourth-order valence-electron chi connectivity index (χ4n) is 8.82. The Balaban J connectivity index is 1.07. The molecule has 0 N–H and O–H groups in total. The number of rotatable bonds is 3. The minimum atomic E-state index is -3.38. The third-order valence-electron chi connectivity index (χ3n) is 9.60. The van der Waals surface area contributed by atoms with Gasteiger partial charge in [0.15, 0.2) is 9.84 Å². The zero-order valence-electron chi connectivity index (χ0n) is 17.2. The number of carbonyl (C=O) groups excluding carboxylic acids is 3. The molecule has 2 amide bonds. The first-order valence-corrected chi connectivity index (χ1v) is 13.1. The molecule has 1 aliphatic heterocycles. The van der Waals surface area contributed by atoms with E-state index < -0.39 is 9.84 Å². The van der Waals surface area contributed by atoms with Crippen molar-refractivity contribution in [3.8, 4) is 0 Å². The van der Waals surface area contributed by atoms with Crippen LogP contribution in [0.3, 0.4) is 0 Å². The topological polar surface area (TPSA) is 91.8 Å². The summed E-state index contributed by atoms with van der Waals surface area (Å²) >= 11 is 0. The summed E-state index contributed by atoms with van der Waals surface area (Å²) in [4.78, 5) is 43.0. The van der Waals surface area contributed by atoms with Crippen molar-refractivity contribution in [2.45, 2.75) is 11.3 Å². The Morgan fingerprint density at radius 3 is 2.42 bits per heavy atom. The number of ketones is 1. The lowest BCUT2D eigenvalue weighted by Crippen LogP contribution is -2.76. The molecule has 0 spiro atoms. The fourth-order valence-corrected chi connectivity index (χ4v) is 9.49. The van der Waals surface area contributed by atoms with Crippen LogP contribution in [0, 0.1) is 46.8 Å². The maximum absolute atomic E-state index is 13.6. The molecule has 6 saturated carbocycles. The SMILES string of the molecule is CS(=O)(=O)c1cccc(C(=O)N2CCN(C(=O)C34C5C(=O)C6C7CC(C63)C4C75)CC2)c1. The average Bonchev–Trinajstić information content (AvgIpc) is 3.28. The van der Waals surface area contributed by atoms with Crippen molar-refractivity contribution >= 4 is 27.4 Å². The largest absolute Gasteiger partial charge is 0.339 e. The van der Waals surface area contributed by atoms with E-state index in [0.29, 0.717) is 67.1 Å². The van der Waals surface area contributed by atoms with E-state index in [1.165, 1.54) is 12.1 Å². The number of hydrogen-bond acceptors (Lipinski definition) is 5. The number of hydrogen-bond donors (Lipinski definition) is 0. The van der Waals surface area contributed by atoms with E-state index in [9.17, 15) is 22.8 Å². The maximum Gasteiger partial charge on any atom is 0.254 e. The molecule has 7 nitrogen and oxygen atoms in total. The van der Waals surface area contributed by atoms with Crippen LogP contribution in [0.25, 0.3) is 0 Å². The van der Waals surface area contributed by atoms with Crippen molar-refractivity contribution in [1.82, 2.24) is 9.80 Å². The minimum absolute atomic E-state index is 0.0119. The molecule has 1 heterocycles. The lowest BCUT2D eigenvalue weighted by molar-refractivity contribution is -0.256. The van der Waals surface area contributed by atoms with Gasteiger partial charge in [0, 0.05) is 49.8 Å². The highest BCUT2D eigenvalue weighted by Gasteiger charge is 2.96. The number of carbonyl (C=O) groups is 3. The van der Waals surface area contributed by atoms with E-state index in [-0.39, 0.29) is 34.0 Å². The van der Waals surface area contributed by atoms with Crippen molar-refractivity contribution in [1.29, 1.82) is 0 Å². The van der Waals surface area contributed by atoms with E-state index in [1.807, 2.05) is 4.90 Å². The van der Waals surface area contributed by atoms with Gasteiger partial charge >= 0.3 is 0 Å². The Bertz CT molecular complexity index is 1190. The molecular formula is C23H24N2O5S. The molecule has 0 aromatic heterocycles. The molecule has 8 heteroatoms. The molecule has 6 aliphatic carbocycles. The van der Waals surface area contributed by atoms with Crippen LogP contribution in [0.5, 0.6) is 0 Å². The van der Waals surface area contributed by atoms with Crippen LogP contribution in [0.2, 0.25) is 0 Å². The molecule has 8 atom stereocenters.